The molecule has 0 aliphatic carbocycles. The van der Waals surface area contributed by atoms with Crippen LogP contribution in [0.25, 0.3) is 0 Å². The number of halogens is 1. The first-order valence-electron chi connectivity index (χ1n) is 7.34. The minimum absolute atomic E-state index is 0.267. The van der Waals surface area contributed by atoms with Gasteiger partial charge >= 0.3 is 0 Å². The summed E-state index contributed by atoms with van der Waals surface area (Å²) in [5.41, 5.74) is 2.48. The fourth-order valence-corrected chi connectivity index (χ4v) is 2.46. The first kappa shape index (κ1) is 15.9. The van der Waals surface area contributed by atoms with Gasteiger partial charge in [0.15, 0.2) is 0 Å². The smallest absolute Gasteiger partial charge is 0.119 e. The van der Waals surface area contributed by atoms with Crippen molar-refractivity contribution in [2.75, 3.05) is 6.61 Å². The van der Waals surface area contributed by atoms with Crippen LogP contribution in [0.4, 0.5) is 0 Å². The molecule has 0 aromatic heterocycles. The lowest BCUT2D eigenvalue weighted by Gasteiger charge is -2.21. The van der Waals surface area contributed by atoms with Crippen molar-refractivity contribution in [3.63, 3.8) is 0 Å². The molecule has 112 valence electrons. The molecule has 0 aliphatic rings. The molecule has 0 amide bonds. The molecule has 0 spiro atoms. The van der Waals surface area contributed by atoms with E-state index in [1.54, 1.807) is 0 Å². The number of benzene rings is 2. The van der Waals surface area contributed by atoms with Crippen LogP contribution in [0.1, 0.15) is 44.0 Å². The maximum atomic E-state index is 5.93. The van der Waals surface area contributed by atoms with Crippen molar-refractivity contribution in [2.45, 2.75) is 32.9 Å². The first-order chi connectivity index (χ1) is 10.1. The van der Waals surface area contributed by atoms with Crippen LogP contribution in [0.5, 0.6) is 5.75 Å². The fraction of sp³-hybridized carbons (Fsp3) is 0.333. The van der Waals surface area contributed by atoms with E-state index in [9.17, 15) is 0 Å². The van der Waals surface area contributed by atoms with Crippen LogP contribution in [0.15, 0.2) is 48.5 Å². The molecule has 1 unspecified atom stereocenters. The summed E-state index contributed by atoms with van der Waals surface area (Å²) in [5.74, 6) is 0.916. The maximum Gasteiger partial charge on any atom is 0.119 e. The quantitative estimate of drug-likeness (QED) is 0.796. The average molecular weight is 304 g/mol. The molecule has 2 rings (SSSR count). The van der Waals surface area contributed by atoms with E-state index in [0.29, 0.717) is 6.61 Å². The summed E-state index contributed by atoms with van der Waals surface area (Å²) in [5, 5.41) is 4.37. The van der Waals surface area contributed by atoms with Crippen LogP contribution >= 0.6 is 11.6 Å². The lowest BCUT2D eigenvalue weighted by molar-refractivity contribution is 0.340. The molecule has 3 heteroatoms. The van der Waals surface area contributed by atoms with E-state index in [1.165, 1.54) is 11.1 Å². The molecular formula is C18H22ClNO. The van der Waals surface area contributed by atoms with Gasteiger partial charge in [0.2, 0.25) is 0 Å². The minimum Gasteiger partial charge on any atom is -0.494 e. The number of ether oxygens (including phenoxy) is 1. The van der Waals surface area contributed by atoms with Crippen molar-refractivity contribution < 1.29 is 4.74 Å². The minimum atomic E-state index is 0.267. The van der Waals surface area contributed by atoms with Crippen molar-refractivity contribution in [1.29, 1.82) is 0 Å². The number of hydrogen-bond donors (Lipinski definition) is 1. The zero-order valence-electron chi connectivity index (χ0n) is 12.8. The van der Waals surface area contributed by atoms with Gasteiger partial charge in [-0.3, -0.25) is 0 Å². The molecule has 0 saturated heterocycles. The van der Waals surface area contributed by atoms with Crippen molar-refractivity contribution >= 4 is 11.6 Å². The zero-order chi connectivity index (χ0) is 15.2. The topological polar surface area (TPSA) is 21.3 Å². The van der Waals surface area contributed by atoms with Gasteiger partial charge in [0.05, 0.1) is 6.61 Å². The standard InChI is InChI=1S/C18H22ClNO/c1-4-21-18-11-7-16(8-12-18)14(3)20-13(2)15-5-9-17(19)10-6-15/h5-14,20H,4H2,1-3H3/t13-,14?/m1/s1. The molecule has 21 heavy (non-hydrogen) atoms. The fourth-order valence-electron chi connectivity index (χ4n) is 2.34. The van der Waals surface area contributed by atoms with Crippen LogP contribution in [-0.2, 0) is 0 Å². The second-order valence-corrected chi connectivity index (χ2v) is 5.60. The van der Waals surface area contributed by atoms with E-state index in [4.69, 9.17) is 16.3 Å². The van der Waals surface area contributed by atoms with Crippen molar-refractivity contribution in [3.8, 4) is 5.75 Å². The Morgan fingerprint density at radius 3 is 1.86 bits per heavy atom. The molecule has 2 nitrogen and oxygen atoms in total. The Hall–Kier alpha value is -1.51. The highest BCUT2D eigenvalue weighted by Crippen LogP contribution is 2.22. The van der Waals surface area contributed by atoms with Gasteiger partial charge in [0.25, 0.3) is 0 Å². The second kappa shape index (κ2) is 7.48. The lowest BCUT2D eigenvalue weighted by Crippen LogP contribution is -2.22. The summed E-state index contributed by atoms with van der Waals surface area (Å²) < 4.78 is 5.47. The number of hydrogen-bond acceptors (Lipinski definition) is 2. The Morgan fingerprint density at radius 1 is 0.905 bits per heavy atom. The number of nitrogens with one attached hydrogen (secondary N) is 1. The summed E-state index contributed by atoms with van der Waals surface area (Å²) in [6, 6.07) is 16.8. The molecule has 2 atom stereocenters. The van der Waals surface area contributed by atoms with E-state index < -0.39 is 0 Å². The van der Waals surface area contributed by atoms with Gasteiger partial charge in [-0.1, -0.05) is 35.9 Å². The van der Waals surface area contributed by atoms with Gasteiger partial charge in [-0.25, -0.2) is 0 Å². The molecule has 0 fully saturated rings. The van der Waals surface area contributed by atoms with Crippen LogP contribution in [-0.4, -0.2) is 6.61 Å². The molecule has 1 N–H and O–H groups in total. The molecule has 2 aromatic carbocycles. The van der Waals surface area contributed by atoms with E-state index in [2.05, 4.69) is 43.4 Å². The summed E-state index contributed by atoms with van der Waals surface area (Å²) in [4.78, 5) is 0. The molecule has 0 bridgehead atoms. The highest BCUT2D eigenvalue weighted by atomic mass is 35.5. The predicted molar refractivity (Wildman–Crippen MR) is 89.0 cm³/mol. The van der Waals surface area contributed by atoms with E-state index >= 15 is 0 Å². The maximum absolute atomic E-state index is 5.93. The molecule has 0 heterocycles. The van der Waals surface area contributed by atoms with Crippen LogP contribution in [0.2, 0.25) is 5.02 Å². The van der Waals surface area contributed by atoms with Crippen LogP contribution < -0.4 is 10.1 Å². The molecular weight excluding hydrogens is 282 g/mol. The van der Waals surface area contributed by atoms with E-state index in [-0.39, 0.29) is 12.1 Å². The van der Waals surface area contributed by atoms with Crippen molar-refractivity contribution in [3.05, 3.63) is 64.7 Å². The van der Waals surface area contributed by atoms with E-state index in [1.807, 2.05) is 31.2 Å². The summed E-state index contributed by atoms with van der Waals surface area (Å²) in [6.45, 7) is 7.02. The summed E-state index contributed by atoms with van der Waals surface area (Å²) in [6.07, 6.45) is 0. The summed E-state index contributed by atoms with van der Waals surface area (Å²) in [7, 11) is 0. The van der Waals surface area contributed by atoms with Gasteiger partial charge in [-0.2, -0.15) is 0 Å². The Kier molecular flexibility index (Phi) is 5.66. The third-order valence-corrected chi connectivity index (χ3v) is 3.81. The monoisotopic (exact) mass is 303 g/mol. The second-order valence-electron chi connectivity index (χ2n) is 5.16. The van der Waals surface area contributed by atoms with Crippen LogP contribution in [0.3, 0.4) is 0 Å². The van der Waals surface area contributed by atoms with Crippen LogP contribution in [0, 0.1) is 0 Å². The normalized spacial score (nSPS) is 13.7. The first-order valence-corrected chi connectivity index (χ1v) is 7.72. The van der Waals surface area contributed by atoms with Gasteiger partial charge in [-0.05, 0) is 56.2 Å². The van der Waals surface area contributed by atoms with Crippen molar-refractivity contribution in [2.24, 2.45) is 0 Å². The van der Waals surface area contributed by atoms with Gasteiger partial charge in [-0.15, -0.1) is 0 Å². The lowest BCUT2D eigenvalue weighted by atomic mass is 10.0. The SMILES string of the molecule is CCOc1ccc(C(C)N[C@H](C)c2ccc(Cl)cc2)cc1. The van der Waals surface area contributed by atoms with Gasteiger partial charge in [0, 0.05) is 17.1 Å². The third kappa shape index (κ3) is 4.48. The van der Waals surface area contributed by atoms with E-state index in [0.717, 1.165) is 10.8 Å². The Labute approximate surface area is 132 Å². The molecule has 0 radical (unpaired) electrons. The largest absolute Gasteiger partial charge is 0.494 e. The van der Waals surface area contributed by atoms with Gasteiger partial charge < -0.3 is 10.1 Å². The average Bonchev–Trinajstić information content (AvgIpc) is 2.49. The highest BCUT2D eigenvalue weighted by molar-refractivity contribution is 6.30. The zero-order valence-corrected chi connectivity index (χ0v) is 13.5. The Bertz CT molecular complexity index is 550. The third-order valence-electron chi connectivity index (χ3n) is 3.56. The Balaban J connectivity index is 1.99. The molecule has 0 saturated carbocycles. The summed E-state index contributed by atoms with van der Waals surface area (Å²) >= 11 is 5.93. The predicted octanol–water partition coefficient (Wildman–Crippen LogP) is 5.15. The highest BCUT2D eigenvalue weighted by Gasteiger charge is 2.11. The Morgan fingerprint density at radius 2 is 1.38 bits per heavy atom. The van der Waals surface area contributed by atoms with Gasteiger partial charge in [0.1, 0.15) is 5.75 Å². The van der Waals surface area contributed by atoms with Crippen molar-refractivity contribution in [1.82, 2.24) is 5.32 Å². The molecule has 0 aliphatic heterocycles. The number of rotatable bonds is 6. The molecule has 2 aromatic rings.